The van der Waals surface area contributed by atoms with E-state index in [0.717, 1.165) is 17.8 Å². The molecule has 0 radical (unpaired) electrons. The topological polar surface area (TPSA) is 46.4 Å². The van der Waals surface area contributed by atoms with Crippen LogP contribution in [0.4, 0.5) is 18.9 Å². The Bertz CT molecular complexity index is 999. The van der Waals surface area contributed by atoms with Crippen molar-refractivity contribution >= 4 is 40.4 Å². The highest BCUT2D eigenvalue weighted by atomic mass is 35.5. The number of anilines is 1. The molecule has 0 unspecified atom stereocenters. The van der Waals surface area contributed by atoms with Crippen LogP contribution in [0.2, 0.25) is 10.0 Å². The van der Waals surface area contributed by atoms with Gasteiger partial charge in [-0.1, -0.05) is 29.3 Å². The molecule has 0 atom stereocenters. The Kier molecular flexibility index (Phi) is 4.86. The molecular weight excluding hydrogens is 390 g/mol. The Hall–Kier alpha value is -2.25. The quantitative estimate of drug-likeness (QED) is 0.659. The third kappa shape index (κ3) is 3.78. The van der Waals surface area contributed by atoms with Crippen molar-refractivity contribution in [1.29, 1.82) is 0 Å². The Balaban J connectivity index is 1.84. The zero-order valence-electron chi connectivity index (χ0n) is 13.4. The second kappa shape index (κ2) is 6.81. The molecule has 0 bridgehead atoms. The summed E-state index contributed by atoms with van der Waals surface area (Å²) in [6.45, 7) is 1.77. The van der Waals surface area contributed by atoms with E-state index in [-0.39, 0.29) is 23.0 Å². The van der Waals surface area contributed by atoms with Gasteiger partial charge in [-0.25, -0.2) is 4.98 Å². The standard InChI is InChI=1S/C17H12Cl2F3N3O/c1-9-12(18)3-2-4-14(9)24-15(26)6-11-8-25-7-10(17(20,21)22)5-13(19)16(25)23-11/h2-5,7-8H,6H2,1H3,(H,24,26). The van der Waals surface area contributed by atoms with E-state index < -0.39 is 11.7 Å². The van der Waals surface area contributed by atoms with Crippen LogP contribution >= 0.6 is 23.2 Å². The second-order valence-corrected chi connectivity index (χ2v) is 6.49. The molecule has 3 rings (SSSR count). The Morgan fingerprint density at radius 1 is 1.23 bits per heavy atom. The molecule has 9 heteroatoms. The maximum absolute atomic E-state index is 12.9. The SMILES string of the molecule is Cc1c(Cl)cccc1NC(=O)Cc1cn2cc(C(F)(F)F)cc(Cl)c2n1. The molecule has 2 aromatic heterocycles. The lowest BCUT2D eigenvalue weighted by Gasteiger charge is -2.08. The van der Waals surface area contributed by atoms with Gasteiger partial charge in [0.05, 0.1) is 22.7 Å². The highest BCUT2D eigenvalue weighted by molar-refractivity contribution is 6.33. The summed E-state index contributed by atoms with van der Waals surface area (Å²) in [6.07, 6.45) is -2.41. The van der Waals surface area contributed by atoms with E-state index in [2.05, 4.69) is 10.3 Å². The molecule has 1 aromatic carbocycles. The molecule has 0 fully saturated rings. The number of nitrogens with zero attached hydrogens (tertiary/aromatic N) is 2. The molecule has 0 aliphatic carbocycles. The normalized spacial score (nSPS) is 11.8. The van der Waals surface area contributed by atoms with Gasteiger partial charge in [0.2, 0.25) is 5.91 Å². The molecule has 26 heavy (non-hydrogen) atoms. The summed E-state index contributed by atoms with van der Waals surface area (Å²) in [5.41, 5.74) is 0.835. The first-order chi connectivity index (χ1) is 12.1. The second-order valence-electron chi connectivity index (χ2n) is 5.67. The molecule has 0 saturated heterocycles. The lowest BCUT2D eigenvalue weighted by molar-refractivity contribution is -0.137. The van der Waals surface area contributed by atoms with Gasteiger partial charge in [0.25, 0.3) is 0 Å². The van der Waals surface area contributed by atoms with Crippen LogP contribution in [0.25, 0.3) is 5.65 Å². The predicted octanol–water partition coefficient (Wildman–Crippen LogP) is 5.15. The third-order valence-electron chi connectivity index (χ3n) is 3.77. The van der Waals surface area contributed by atoms with E-state index >= 15 is 0 Å². The van der Waals surface area contributed by atoms with Crippen LogP contribution in [0.1, 0.15) is 16.8 Å². The number of carbonyl (C=O) groups excluding carboxylic acids is 1. The number of hydrogen-bond acceptors (Lipinski definition) is 2. The van der Waals surface area contributed by atoms with Crippen molar-refractivity contribution < 1.29 is 18.0 Å². The highest BCUT2D eigenvalue weighted by Crippen LogP contribution is 2.32. The number of pyridine rings is 1. The number of hydrogen-bond donors (Lipinski definition) is 1. The molecule has 2 heterocycles. The van der Waals surface area contributed by atoms with E-state index in [1.165, 1.54) is 10.6 Å². The molecule has 1 amide bonds. The number of carbonyl (C=O) groups is 1. The van der Waals surface area contributed by atoms with Crippen LogP contribution in [0.15, 0.2) is 36.7 Å². The summed E-state index contributed by atoms with van der Waals surface area (Å²) < 4.78 is 39.7. The Labute approximate surface area is 156 Å². The van der Waals surface area contributed by atoms with Crippen LogP contribution in [0, 0.1) is 6.92 Å². The highest BCUT2D eigenvalue weighted by Gasteiger charge is 2.32. The summed E-state index contributed by atoms with van der Waals surface area (Å²) in [5.74, 6) is -0.369. The molecule has 136 valence electrons. The molecule has 0 spiro atoms. The van der Waals surface area contributed by atoms with Crippen molar-refractivity contribution in [3.63, 3.8) is 0 Å². The molecule has 3 aromatic rings. The van der Waals surface area contributed by atoms with Crippen molar-refractivity contribution in [2.24, 2.45) is 0 Å². The van der Waals surface area contributed by atoms with Crippen molar-refractivity contribution in [2.45, 2.75) is 19.5 Å². The first-order valence-electron chi connectivity index (χ1n) is 7.44. The molecule has 0 saturated carbocycles. The van der Waals surface area contributed by atoms with Crippen molar-refractivity contribution in [3.8, 4) is 0 Å². The van der Waals surface area contributed by atoms with Crippen LogP contribution in [0.3, 0.4) is 0 Å². The number of halogens is 5. The number of nitrogens with one attached hydrogen (secondary N) is 1. The minimum Gasteiger partial charge on any atom is -0.325 e. The average molecular weight is 402 g/mol. The fourth-order valence-electron chi connectivity index (χ4n) is 2.45. The number of alkyl halides is 3. The molecule has 0 aliphatic heterocycles. The van der Waals surface area contributed by atoms with Crippen LogP contribution in [0.5, 0.6) is 0 Å². The summed E-state index contributed by atoms with van der Waals surface area (Å²) >= 11 is 11.9. The van der Waals surface area contributed by atoms with Crippen LogP contribution in [-0.4, -0.2) is 15.3 Å². The van der Waals surface area contributed by atoms with Gasteiger partial charge in [-0.2, -0.15) is 13.2 Å². The monoisotopic (exact) mass is 401 g/mol. The van der Waals surface area contributed by atoms with Gasteiger partial charge in [-0.15, -0.1) is 0 Å². The molecule has 0 aliphatic rings. The fourth-order valence-corrected chi connectivity index (χ4v) is 2.88. The molecule has 1 N–H and O–H groups in total. The zero-order chi connectivity index (χ0) is 19.1. The van der Waals surface area contributed by atoms with E-state index in [9.17, 15) is 18.0 Å². The summed E-state index contributed by atoms with van der Waals surface area (Å²) in [7, 11) is 0. The lowest BCUT2D eigenvalue weighted by atomic mass is 10.2. The average Bonchev–Trinajstić information content (AvgIpc) is 2.94. The first-order valence-corrected chi connectivity index (χ1v) is 8.20. The minimum absolute atomic E-state index is 0.120. The van der Waals surface area contributed by atoms with Crippen molar-refractivity contribution in [1.82, 2.24) is 9.38 Å². The summed E-state index contributed by atoms with van der Waals surface area (Å²) in [6, 6.07) is 5.92. The maximum Gasteiger partial charge on any atom is 0.417 e. The number of benzene rings is 1. The smallest absolute Gasteiger partial charge is 0.325 e. The zero-order valence-corrected chi connectivity index (χ0v) is 14.9. The van der Waals surface area contributed by atoms with Gasteiger partial charge < -0.3 is 9.72 Å². The number of aromatic nitrogens is 2. The Morgan fingerprint density at radius 3 is 2.65 bits per heavy atom. The van der Waals surface area contributed by atoms with Crippen molar-refractivity contribution in [2.75, 3.05) is 5.32 Å². The molecular formula is C17H12Cl2F3N3O. The number of imidazole rings is 1. The third-order valence-corrected chi connectivity index (χ3v) is 4.45. The molecule has 4 nitrogen and oxygen atoms in total. The van der Waals surface area contributed by atoms with Gasteiger partial charge in [0, 0.05) is 23.1 Å². The van der Waals surface area contributed by atoms with Crippen LogP contribution in [-0.2, 0) is 17.4 Å². The fraction of sp³-hybridized carbons (Fsp3) is 0.176. The number of amides is 1. The van der Waals surface area contributed by atoms with Gasteiger partial charge in [-0.05, 0) is 30.7 Å². The minimum atomic E-state index is -4.52. The Morgan fingerprint density at radius 2 is 1.96 bits per heavy atom. The lowest BCUT2D eigenvalue weighted by Crippen LogP contribution is -2.15. The van der Waals surface area contributed by atoms with Gasteiger partial charge in [0.1, 0.15) is 0 Å². The van der Waals surface area contributed by atoms with E-state index in [1.807, 2.05) is 0 Å². The largest absolute Gasteiger partial charge is 0.417 e. The van der Waals surface area contributed by atoms with Crippen LogP contribution < -0.4 is 5.32 Å². The van der Waals surface area contributed by atoms with E-state index in [1.54, 1.807) is 25.1 Å². The number of fused-ring (bicyclic) bond motifs is 1. The predicted molar refractivity (Wildman–Crippen MR) is 93.7 cm³/mol. The first kappa shape index (κ1) is 18.5. The van der Waals surface area contributed by atoms with Gasteiger partial charge in [0.15, 0.2) is 5.65 Å². The van der Waals surface area contributed by atoms with Gasteiger partial charge in [-0.3, -0.25) is 4.79 Å². The van der Waals surface area contributed by atoms with Crippen molar-refractivity contribution in [3.05, 3.63) is 63.5 Å². The van der Waals surface area contributed by atoms with E-state index in [4.69, 9.17) is 23.2 Å². The summed E-state index contributed by atoms with van der Waals surface area (Å²) in [5, 5.41) is 3.08. The van der Waals surface area contributed by atoms with E-state index in [0.29, 0.717) is 16.4 Å². The number of rotatable bonds is 3. The van der Waals surface area contributed by atoms with Gasteiger partial charge >= 0.3 is 6.18 Å². The summed E-state index contributed by atoms with van der Waals surface area (Å²) in [4.78, 5) is 16.4. The maximum atomic E-state index is 12.9.